The molecule has 9 heteroatoms. The number of hydrogen-bond donors (Lipinski definition) is 1. The van der Waals surface area contributed by atoms with Gasteiger partial charge in [0.15, 0.2) is 0 Å². The molecule has 0 fully saturated rings. The second-order valence-corrected chi connectivity index (χ2v) is 11.9. The van der Waals surface area contributed by atoms with E-state index in [0.29, 0.717) is 16.3 Å². The van der Waals surface area contributed by atoms with Crippen molar-refractivity contribution in [1.29, 1.82) is 0 Å². The van der Waals surface area contributed by atoms with Crippen LogP contribution in [-0.2, 0) is 26.2 Å². The molecule has 3 rings (SSSR count). The number of halogens is 1. The van der Waals surface area contributed by atoms with E-state index in [4.69, 9.17) is 11.6 Å². The van der Waals surface area contributed by atoms with Crippen LogP contribution in [0.15, 0.2) is 77.7 Å². The second kappa shape index (κ2) is 12.5. The number of benzene rings is 3. The Kier molecular flexibility index (Phi) is 9.57. The van der Waals surface area contributed by atoms with Crippen LogP contribution in [0.4, 0.5) is 5.69 Å². The van der Waals surface area contributed by atoms with E-state index in [9.17, 15) is 18.0 Å². The fraction of sp³-hybridized carbons (Fsp3) is 0.310. The quantitative estimate of drug-likeness (QED) is 0.377. The minimum absolute atomic E-state index is 0.00800. The molecule has 0 heterocycles. The van der Waals surface area contributed by atoms with Crippen molar-refractivity contribution < 1.29 is 18.0 Å². The molecule has 7 nitrogen and oxygen atoms in total. The Bertz CT molecular complexity index is 1370. The first-order valence-corrected chi connectivity index (χ1v) is 14.2. The van der Waals surface area contributed by atoms with Gasteiger partial charge in [-0.05, 0) is 76.1 Å². The SMILES string of the molecule is Cc1ccc(CN(C(=O)CN(c2ccccc2C)S(=O)(=O)c2ccc(Cl)cc2)[C@H](C)C(=O)NC(C)C)cc1. The van der Waals surface area contributed by atoms with Crippen molar-refractivity contribution >= 4 is 39.1 Å². The van der Waals surface area contributed by atoms with E-state index in [0.717, 1.165) is 15.4 Å². The van der Waals surface area contributed by atoms with Gasteiger partial charge in [-0.25, -0.2) is 8.42 Å². The second-order valence-electron chi connectivity index (χ2n) is 9.60. The van der Waals surface area contributed by atoms with E-state index in [1.807, 2.05) is 45.0 Å². The van der Waals surface area contributed by atoms with E-state index in [1.165, 1.54) is 29.2 Å². The van der Waals surface area contributed by atoms with Crippen LogP contribution in [0.1, 0.15) is 37.5 Å². The highest BCUT2D eigenvalue weighted by Crippen LogP contribution is 2.28. The zero-order valence-corrected chi connectivity index (χ0v) is 23.9. The van der Waals surface area contributed by atoms with Crippen LogP contribution < -0.4 is 9.62 Å². The molecule has 202 valence electrons. The van der Waals surface area contributed by atoms with Gasteiger partial charge in [0.2, 0.25) is 11.8 Å². The first kappa shape index (κ1) is 29.2. The summed E-state index contributed by atoms with van der Waals surface area (Å²) in [6.45, 7) is 8.75. The third kappa shape index (κ3) is 7.14. The first-order chi connectivity index (χ1) is 17.9. The Morgan fingerprint density at radius 2 is 1.50 bits per heavy atom. The first-order valence-electron chi connectivity index (χ1n) is 12.4. The van der Waals surface area contributed by atoms with E-state index in [2.05, 4.69) is 5.32 Å². The Balaban J connectivity index is 2.04. The van der Waals surface area contributed by atoms with Gasteiger partial charge >= 0.3 is 0 Å². The Morgan fingerprint density at radius 3 is 2.08 bits per heavy atom. The van der Waals surface area contributed by atoms with Gasteiger partial charge in [0.25, 0.3) is 10.0 Å². The summed E-state index contributed by atoms with van der Waals surface area (Å²) >= 11 is 5.99. The zero-order valence-electron chi connectivity index (χ0n) is 22.3. The van der Waals surface area contributed by atoms with E-state index >= 15 is 0 Å². The maximum absolute atomic E-state index is 13.9. The van der Waals surface area contributed by atoms with E-state index < -0.39 is 28.5 Å². The number of amides is 2. The lowest BCUT2D eigenvalue weighted by Gasteiger charge is -2.32. The lowest BCUT2D eigenvalue weighted by molar-refractivity contribution is -0.139. The number of rotatable bonds is 10. The van der Waals surface area contributed by atoms with Crippen molar-refractivity contribution in [1.82, 2.24) is 10.2 Å². The lowest BCUT2D eigenvalue weighted by atomic mass is 10.1. The highest BCUT2D eigenvalue weighted by Gasteiger charge is 2.33. The van der Waals surface area contributed by atoms with Gasteiger partial charge in [-0.2, -0.15) is 0 Å². The molecule has 0 saturated heterocycles. The fourth-order valence-electron chi connectivity index (χ4n) is 3.97. The number of sulfonamides is 1. The Labute approximate surface area is 230 Å². The molecule has 1 N–H and O–H groups in total. The summed E-state index contributed by atoms with van der Waals surface area (Å²) in [7, 11) is -4.14. The van der Waals surface area contributed by atoms with Gasteiger partial charge in [0, 0.05) is 17.6 Å². The molecule has 38 heavy (non-hydrogen) atoms. The van der Waals surface area contributed by atoms with Gasteiger partial charge in [0.1, 0.15) is 12.6 Å². The van der Waals surface area contributed by atoms with Crippen LogP contribution in [0.5, 0.6) is 0 Å². The number of aryl methyl sites for hydroxylation is 2. The molecule has 0 spiro atoms. The molecule has 3 aromatic rings. The van der Waals surface area contributed by atoms with Crippen molar-refractivity contribution in [2.75, 3.05) is 10.8 Å². The van der Waals surface area contributed by atoms with Crippen LogP contribution in [-0.4, -0.2) is 43.8 Å². The summed E-state index contributed by atoms with van der Waals surface area (Å²) in [5.74, 6) is -0.818. The van der Waals surface area contributed by atoms with Gasteiger partial charge in [0.05, 0.1) is 10.6 Å². The number of para-hydroxylation sites is 1. The Morgan fingerprint density at radius 1 is 0.895 bits per heavy atom. The predicted octanol–water partition coefficient (Wildman–Crippen LogP) is 5.09. The van der Waals surface area contributed by atoms with Gasteiger partial charge in [-0.3, -0.25) is 13.9 Å². The number of anilines is 1. The van der Waals surface area contributed by atoms with Gasteiger partial charge in [-0.15, -0.1) is 0 Å². The molecule has 0 aliphatic heterocycles. The summed E-state index contributed by atoms with van der Waals surface area (Å²) in [6.07, 6.45) is 0. The molecular formula is C29H34ClN3O4S. The molecule has 0 aromatic heterocycles. The molecule has 1 atom stereocenters. The largest absolute Gasteiger partial charge is 0.352 e. The van der Waals surface area contributed by atoms with Crippen molar-refractivity contribution in [3.63, 3.8) is 0 Å². The van der Waals surface area contributed by atoms with Crippen molar-refractivity contribution in [2.24, 2.45) is 0 Å². The number of carbonyl (C=O) groups is 2. The number of hydrogen-bond acceptors (Lipinski definition) is 4. The smallest absolute Gasteiger partial charge is 0.264 e. The number of nitrogens with zero attached hydrogens (tertiary/aromatic N) is 2. The molecule has 0 saturated carbocycles. The van der Waals surface area contributed by atoms with Gasteiger partial charge < -0.3 is 10.2 Å². The van der Waals surface area contributed by atoms with Crippen molar-refractivity contribution in [3.8, 4) is 0 Å². The summed E-state index contributed by atoms with van der Waals surface area (Å²) in [6, 6.07) is 19.5. The van der Waals surface area contributed by atoms with E-state index in [-0.39, 0.29) is 23.4 Å². The van der Waals surface area contributed by atoms with Crippen LogP contribution in [0.3, 0.4) is 0 Å². The Hall–Kier alpha value is -3.36. The van der Waals surface area contributed by atoms with Crippen LogP contribution in [0.25, 0.3) is 0 Å². The fourth-order valence-corrected chi connectivity index (χ4v) is 5.57. The highest BCUT2D eigenvalue weighted by molar-refractivity contribution is 7.92. The number of carbonyl (C=O) groups excluding carboxylic acids is 2. The summed E-state index contributed by atoms with van der Waals surface area (Å²) < 4.78 is 28.8. The van der Waals surface area contributed by atoms with Crippen LogP contribution >= 0.6 is 11.6 Å². The minimum Gasteiger partial charge on any atom is -0.352 e. The van der Waals surface area contributed by atoms with Gasteiger partial charge in [-0.1, -0.05) is 59.6 Å². The summed E-state index contributed by atoms with van der Waals surface area (Å²) in [4.78, 5) is 28.3. The monoisotopic (exact) mass is 555 g/mol. The molecule has 0 aliphatic carbocycles. The molecule has 0 aliphatic rings. The zero-order chi connectivity index (χ0) is 28.0. The average Bonchev–Trinajstić information content (AvgIpc) is 2.86. The number of nitrogens with one attached hydrogen (secondary N) is 1. The predicted molar refractivity (Wildman–Crippen MR) is 152 cm³/mol. The normalized spacial score (nSPS) is 12.2. The van der Waals surface area contributed by atoms with E-state index in [1.54, 1.807) is 38.1 Å². The summed E-state index contributed by atoms with van der Waals surface area (Å²) in [5, 5.41) is 3.25. The average molecular weight is 556 g/mol. The standard InChI is InChI=1S/C29H34ClN3O4S/c1-20(2)31-29(35)23(5)32(18-24-12-10-21(3)11-13-24)28(34)19-33(27-9-7-6-8-22(27)4)38(36,37)26-16-14-25(30)15-17-26/h6-17,20,23H,18-19H2,1-5H3,(H,31,35)/t23-/m1/s1. The third-order valence-electron chi connectivity index (χ3n) is 6.14. The van der Waals surface area contributed by atoms with Crippen LogP contribution in [0.2, 0.25) is 5.02 Å². The maximum atomic E-state index is 13.9. The maximum Gasteiger partial charge on any atom is 0.264 e. The highest BCUT2D eigenvalue weighted by atomic mass is 35.5. The van der Waals surface area contributed by atoms with Crippen LogP contribution in [0, 0.1) is 13.8 Å². The molecule has 0 radical (unpaired) electrons. The minimum atomic E-state index is -4.14. The lowest BCUT2D eigenvalue weighted by Crippen LogP contribution is -2.52. The molecule has 0 bridgehead atoms. The summed E-state index contributed by atoms with van der Waals surface area (Å²) in [5.41, 5.74) is 2.96. The van der Waals surface area contributed by atoms with Crippen molar-refractivity contribution in [2.45, 2.75) is 58.1 Å². The molecule has 0 unspecified atom stereocenters. The molecule has 3 aromatic carbocycles. The van der Waals surface area contributed by atoms with Crippen molar-refractivity contribution in [3.05, 3.63) is 94.5 Å². The molecular weight excluding hydrogens is 522 g/mol. The molecule has 2 amide bonds. The third-order valence-corrected chi connectivity index (χ3v) is 8.16. The topological polar surface area (TPSA) is 86.8 Å².